The number of rotatable bonds is 2. The molecule has 0 aromatic heterocycles. The zero-order valence-electron chi connectivity index (χ0n) is 8.70. The second kappa shape index (κ2) is 4.31. The first kappa shape index (κ1) is 11.2. The van der Waals surface area contributed by atoms with Gasteiger partial charge in [0.15, 0.2) is 17.8 Å². The zero-order valence-corrected chi connectivity index (χ0v) is 9.45. The topological polar surface area (TPSA) is 55.8 Å². The summed E-state index contributed by atoms with van der Waals surface area (Å²) >= 11 is 5.99. The van der Waals surface area contributed by atoms with Gasteiger partial charge < -0.3 is 14.6 Å². The van der Waals surface area contributed by atoms with Crippen LogP contribution in [0.1, 0.15) is 28.9 Å². The van der Waals surface area contributed by atoms with Gasteiger partial charge in [-0.05, 0) is 13.0 Å². The van der Waals surface area contributed by atoms with Crippen molar-refractivity contribution in [2.45, 2.75) is 13.0 Å². The van der Waals surface area contributed by atoms with Crippen LogP contribution in [-0.4, -0.2) is 24.6 Å². The van der Waals surface area contributed by atoms with Gasteiger partial charge in [0.05, 0.1) is 16.7 Å². The third kappa shape index (κ3) is 1.74. The van der Waals surface area contributed by atoms with E-state index in [9.17, 15) is 9.90 Å². The molecule has 1 unspecified atom stereocenters. The Labute approximate surface area is 97.7 Å². The van der Waals surface area contributed by atoms with Gasteiger partial charge in [0, 0.05) is 5.56 Å². The zero-order chi connectivity index (χ0) is 11.7. The molecule has 0 saturated carbocycles. The van der Waals surface area contributed by atoms with Crippen molar-refractivity contribution >= 4 is 17.9 Å². The summed E-state index contributed by atoms with van der Waals surface area (Å²) in [5, 5.41) is 9.92. The van der Waals surface area contributed by atoms with E-state index in [4.69, 9.17) is 21.1 Å². The van der Waals surface area contributed by atoms with E-state index in [0.29, 0.717) is 47.1 Å². The van der Waals surface area contributed by atoms with Crippen molar-refractivity contribution in [3.63, 3.8) is 0 Å². The van der Waals surface area contributed by atoms with Crippen molar-refractivity contribution in [3.8, 4) is 11.5 Å². The molecule has 0 aliphatic carbocycles. The maximum atomic E-state index is 10.9. The monoisotopic (exact) mass is 242 g/mol. The molecule has 1 aliphatic heterocycles. The molecular weight excluding hydrogens is 232 g/mol. The average molecular weight is 243 g/mol. The minimum Gasteiger partial charge on any atom is -0.486 e. The number of aldehydes is 1. The second-order valence-electron chi connectivity index (χ2n) is 3.51. The van der Waals surface area contributed by atoms with Crippen LogP contribution in [-0.2, 0) is 0 Å². The van der Waals surface area contributed by atoms with Gasteiger partial charge in [-0.15, -0.1) is 0 Å². The summed E-state index contributed by atoms with van der Waals surface area (Å²) in [5.74, 6) is 0.734. The Kier molecular flexibility index (Phi) is 3.03. The number of carbonyl (C=O) groups is 1. The van der Waals surface area contributed by atoms with E-state index in [1.54, 1.807) is 6.92 Å². The van der Waals surface area contributed by atoms with Crippen molar-refractivity contribution in [1.29, 1.82) is 0 Å². The summed E-state index contributed by atoms with van der Waals surface area (Å²) in [5.41, 5.74) is 0.797. The summed E-state index contributed by atoms with van der Waals surface area (Å²) in [6, 6.07) is 1.48. The van der Waals surface area contributed by atoms with Gasteiger partial charge in [0.2, 0.25) is 0 Å². The highest BCUT2D eigenvalue weighted by molar-refractivity contribution is 6.32. The summed E-state index contributed by atoms with van der Waals surface area (Å²) in [4.78, 5) is 10.9. The summed E-state index contributed by atoms with van der Waals surface area (Å²) in [6.07, 6.45) is -0.116. The molecule has 1 atom stereocenters. The van der Waals surface area contributed by atoms with Gasteiger partial charge in [0.1, 0.15) is 13.2 Å². The fourth-order valence-corrected chi connectivity index (χ4v) is 2.06. The highest BCUT2D eigenvalue weighted by Gasteiger charge is 2.25. The molecule has 0 fully saturated rings. The molecule has 0 saturated heterocycles. The van der Waals surface area contributed by atoms with Crippen LogP contribution in [0.15, 0.2) is 6.07 Å². The summed E-state index contributed by atoms with van der Waals surface area (Å²) in [7, 11) is 0. The van der Waals surface area contributed by atoms with Crippen molar-refractivity contribution in [2.24, 2.45) is 0 Å². The van der Waals surface area contributed by atoms with E-state index in [0.717, 1.165) is 0 Å². The van der Waals surface area contributed by atoms with E-state index in [1.807, 2.05) is 0 Å². The van der Waals surface area contributed by atoms with Crippen LogP contribution in [0.4, 0.5) is 0 Å². The number of benzene rings is 1. The first-order valence-electron chi connectivity index (χ1n) is 4.90. The van der Waals surface area contributed by atoms with Crippen LogP contribution in [0.2, 0.25) is 5.02 Å². The fraction of sp³-hybridized carbons (Fsp3) is 0.364. The minimum absolute atomic E-state index is 0.307. The Bertz CT molecular complexity index is 428. The first-order chi connectivity index (χ1) is 7.65. The Morgan fingerprint density at radius 2 is 2.06 bits per heavy atom. The normalized spacial score (nSPS) is 15.7. The summed E-state index contributed by atoms with van der Waals surface area (Å²) < 4.78 is 10.8. The van der Waals surface area contributed by atoms with Crippen LogP contribution in [0.25, 0.3) is 0 Å². The lowest BCUT2D eigenvalue weighted by Gasteiger charge is -2.24. The quantitative estimate of drug-likeness (QED) is 0.806. The fourth-order valence-electron chi connectivity index (χ4n) is 1.70. The number of aliphatic hydroxyl groups excluding tert-OH is 1. The standard InChI is InChI=1S/C11H11ClO4/c1-6(14)9-8(12)4-7(5-13)10-11(9)16-3-2-15-10/h4-6,14H,2-3H2,1H3. The number of halogens is 1. The molecule has 1 heterocycles. The molecule has 0 bridgehead atoms. The van der Waals surface area contributed by atoms with Crippen molar-refractivity contribution in [2.75, 3.05) is 13.2 Å². The Morgan fingerprint density at radius 3 is 2.62 bits per heavy atom. The lowest BCUT2D eigenvalue weighted by atomic mass is 10.0. The SMILES string of the molecule is CC(O)c1c(Cl)cc(C=O)c2c1OCCO2. The Hall–Kier alpha value is -1.26. The van der Waals surface area contributed by atoms with E-state index in [2.05, 4.69) is 0 Å². The molecule has 1 N–H and O–H groups in total. The molecule has 0 spiro atoms. The van der Waals surface area contributed by atoms with E-state index in [-0.39, 0.29) is 0 Å². The molecule has 2 rings (SSSR count). The highest BCUT2D eigenvalue weighted by atomic mass is 35.5. The lowest BCUT2D eigenvalue weighted by molar-refractivity contribution is 0.110. The predicted octanol–water partition coefficient (Wildman–Crippen LogP) is 1.98. The molecule has 1 aliphatic rings. The van der Waals surface area contributed by atoms with Gasteiger partial charge in [-0.25, -0.2) is 0 Å². The molecule has 1 aromatic rings. The maximum absolute atomic E-state index is 10.9. The van der Waals surface area contributed by atoms with Gasteiger partial charge >= 0.3 is 0 Å². The smallest absolute Gasteiger partial charge is 0.172 e. The van der Waals surface area contributed by atoms with Crippen LogP contribution >= 0.6 is 11.6 Å². The van der Waals surface area contributed by atoms with Gasteiger partial charge in [-0.1, -0.05) is 11.6 Å². The van der Waals surface area contributed by atoms with Crippen molar-refractivity contribution in [1.82, 2.24) is 0 Å². The van der Waals surface area contributed by atoms with Gasteiger partial charge in [-0.3, -0.25) is 4.79 Å². The van der Waals surface area contributed by atoms with Crippen molar-refractivity contribution in [3.05, 3.63) is 22.2 Å². The number of carbonyl (C=O) groups excluding carboxylic acids is 1. The minimum atomic E-state index is -0.774. The largest absolute Gasteiger partial charge is 0.486 e. The lowest BCUT2D eigenvalue weighted by Crippen LogP contribution is -2.18. The Balaban J connectivity index is 2.67. The maximum Gasteiger partial charge on any atom is 0.172 e. The van der Waals surface area contributed by atoms with Gasteiger partial charge in [0.25, 0.3) is 0 Å². The van der Waals surface area contributed by atoms with Crippen molar-refractivity contribution < 1.29 is 19.4 Å². The first-order valence-corrected chi connectivity index (χ1v) is 5.28. The number of fused-ring (bicyclic) bond motifs is 1. The van der Waals surface area contributed by atoms with E-state index in [1.165, 1.54) is 6.07 Å². The average Bonchev–Trinajstić information content (AvgIpc) is 2.27. The number of ether oxygens (including phenoxy) is 2. The molecule has 0 radical (unpaired) electrons. The van der Waals surface area contributed by atoms with E-state index < -0.39 is 6.10 Å². The van der Waals surface area contributed by atoms with E-state index >= 15 is 0 Å². The highest BCUT2D eigenvalue weighted by Crippen LogP contribution is 2.43. The third-order valence-electron chi connectivity index (χ3n) is 2.37. The van der Waals surface area contributed by atoms with Crippen LogP contribution in [0.5, 0.6) is 11.5 Å². The number of hydrogen-bond acceptors (Lipinski definition) is 4. The molecule has 4 nitrogen and oxygen atoms in total. The molecule has 1 aromatic carbocycles. The predicted molar refractivity (Wildman–Crippen MR) is 58.5 cm³/mol. The summed E-state index contributed by atoms with van der Waals surface area (Å²) in [6.45, 7) is 2.35. The van der Waals surface area contributed by atoms with Gasteiger partial charge in [-0.2, -0.15) is 0 Å². The number of hydrogen-bond donors (Lipinski definition) is 1. The second-order valence-corrected chi connectivity index (χ2v) is 3.92. The number of aliphatic hydroxyl groups is 1. The van der Waals surface area contributed by atoms with Crippen LogP contribution in [0.3, 0.4) is 0 Å². The van der Waals surface area contributed by atoms with Crippen LogP contribution < -0.4 is 9.47 Å². The van der Waals surface area contributed by atoms with Crippen LogP contribution in [0, 0.1) is 0 Å². The third-order valence-corrected chi connectivity index (χ3v) is 2.69. The Morgan fingerprint density at radius 1 is 1.44 bits per heavy atom. The molecular formula is C11H11ClO4. The molecule has 86 valence electrons. The molecule has 5 heteroatoms. The molecule has 0 amide bonds. The molecule has 16 heavy (non-hydrogen) atoms.